The zero-order valence-corrected chi connectivity index (χ0v) is 12.7. The van der Waals surface area contributed by atoms with Crippen LogP contribution in [0.4, 0.5) is 5.69 Å². The summed E-state index contributed by atoms with van der Waals surface area (Å²) in [5, 5.41) is 14.3. The molecule has 1 saturated heterocycles. The van der Waals surface area contributed by atoms with Gasteiger partial charge in [-0.05, 0) is 32.9 Å². The molecule has 0 radical (unpaired) electrons. The molecule has 7 nitrogen and oxygen atoms in total. The Kier molecular flexibility index (Phi) is 4.43. The standard InChI is InChI=1S/C13H17ClN4O3/c1-13(15-2)3-5-17(6-4-13)12(19)9-7-11(14)16-8-10(9)18(20)21/h7-8,15H,3-6H2,1-2H3. The molecule has 0 aliphatic carbocycles. The first-order valence-corrected chi connectivity index (χ1v) is 7.02. The molecule has 1 aromatic heterocycles. The average molecular weight is 313 g/mol. The van der Waals surface area contributed by atoms with Crippen LogP contribution in [0.3, 0.4) is 0 Å². The van der Waals surface area contributed by atoms with Crippen LogP contribution in [0, 0.1) is 10.1 Å². The highest BCUT2D eigenvalue weighted by Crippen LogP contribution is 2.26. The molecule has 2 heterocycles. The van der Waals surface area contributed by atoms with Gasteiger partial charge in [0.25, 0.3) is 11.6 Å². The van der Waals surface area contributed by atoms with Gasteiger partial charge >= 0.3 is 0 Å². The van der Waals surface area contributed by atoms with E-state index in [9.17, 15) is 14.9 Å². The minimum atomic E-state index is -0.613. The predicted molar refractivity (Wildman–Crippen MR) is 78.5 cm³/mol. The molecular weight excluding hydrogens is 296 g/mol. The molecule has 0 aromatic carbocycles. The average Bonchev–Trinajstić information content (AvgIpc) is 2.47. The van der Waals surface area contributed by atoms with Crippen molar-refractivity contribution in [3.05, 3.63) is 33.1 Å². The molecule has 1 aliphatic heterocycles. The molecule has 114 valence electrons. The molecule has 0 spiro atoms. The number of hydrogen-bond donors (Lipinski definition) is 1. The molecule has 8 heteroatoms. The molecule has 1 fully saturated rings. The number of halogens is 1. The number of rotatable bonds is 3. The molecule has 1 N–H and O–H groups in total. The van der Waals surface area contributed by atoms with Crippen molar-refractivity contribution in [2.24, 2.45) is 0 Å². The van der Waals surface area contributed by atoms with Gasteiger partial charge in [-0.15, -0.1) is 0 Å². The molecule has 0 atom stereocenters. The van der Waals surface area contributed by atoms with Gasteiger partial charge in [-0.2, -0.15) is 0 Å². The molecule has 1 amide bonds. The second kappa shape index (κ2) is 5.95. The predicted octanol–water partition coefficient (Wildman–Crippen LogP) is 1.86. The van der Waals surface area contributed by atoms with Crippen LogP contribution >= 0.6 is 11.6 Å². The van der Waals surface area contributed by atoms with Crippen molar-refractivity contribution < 1.29 is 9.72 Å². The first-order chi connectivity index (χ1) is 9.86. The van der Waals surface area contributed by atoms with Crippen LogP contribution in [0.2, 0.25) is 5.15 Å². The summed E-state index contributed by atoms with van der Waals surface area (Å²) >= 11 is 5.76. The van der Waals surface area contributed by atoms with E-state index in [0.29, 0.717) is 13.1 Å². The zero-order chi connectivity index (χ0) is 15.6. The molecule has 1 aliphatic rings. The quantitative estimate of drug-likeness (QED) is 0.523. The van der Waals surface area contributed by atoms with Crippen LogP contribution in [-0.2, 0) is 0 Å². The van der Waals surface area contributed by atoms with Crippen LogP contribution in [0.25, 0.3) is 0 Å². The van der Waals surface area contributed by atoms with E-state index in [1.54, 1.807) is 4.90 Å². The lowest BCUT2D eigenvalue weighted by Gasteiger charge is -2.39. The van der Waals surface area contributed by atoms with E-state index in [-0.39, 0.29) is 27.9 Å². The fourth-order valence-electron chi connectivity index (χ4n) is 2.36. The van der Waals surface area contributed by atoms with Crippen molar-refractivity contribution in [2.75, 3.05) is 20.1 Å². The fraction of sp³-hybridized carbons (Fsp3) is 0.538. The highest BCUT2D eigenvalue weighted by molar-refractivity contribution is 6.29. The number of nitrogens with zero attached hydrogens (tertiary/aromatic N) is 3. The van der Waals surface area contributed by atoms with Gasteiger partial charge in [0.15, 0.2) is 0 Å². The molecule has 0 saturated carbocycles. The summed E-state index contributed by atoms with van der Waals surface area (Å²) in [5.41, 5.74) is -0.321. The highest BCUT2D eigenvalue weighted by atomic mass is 35.5. The number of pyridine rings is 1. The fourth-order valence-corrected chi connectivity index (χ4v) is 2.52. The maximum absolute atomic E-state index is 12.5. The largest absolute Gasteiger partial charge is 0.338 e. The summed E-state index contributed by atoms with van der Waals surface area (Å²) in [4.78, 5) is 28.2. The van der Waals surface area contributed by atoms with Crippen molar-refractivity contribution in [1.29, 1.82) is 0 Å². The Morgan fingerprint density at radius 1 is 1.52 bits per heavy atom. The van der Waals surface area contributed by atoms with Crippen molar-refractivity contribution in [2.45, 2.75) is 25.3 Å². The molecule has 2 rings (SSSR count). The third kappa shape index (κ3) is 3.30. The SMILES string of the molecule is CNC1(C)CCN(C(=O)c2cc(Cl)ncc2[N+](=O)[O-])CC1. The van der Waals surface area contributed by atoms with E-state index in [4.69, 9.17) is 11.6 Å². The van der Waals surface area contributed by atoms with E-state index in [2.05, 4.69) is 17.2 Å². The number of aromatic nitrogens is 1. The minimum absolute atomic E-state index is 0.00139. The number of hydrogen-bond acceptors (Lipinski definition) is 5. The zero-order valence-electron chi connectivity index (χ0n) is 11.9. The van der Waals surface area contributed by atoms with Gasteiger partial charge in [0.2, 0.25) is 0 Å². The smallest absolute Gasteiger partial charge is 0.300 e. The van der Waals surface area contributed by atoms with Crippen molar-refractivity contribution in [1.82, 2.24) is 15.2 Å². The first-order valence-electron chi connectivity index (χ1n) is 6.64. The third-order valence-electron chi connectivity index (χ3n) is 4.03. The van der Waals surface area contributed by atoms with Crippen LogP contribution < -0.4 is 5.32 Å². The van der Waals surface area contributed by atoms with Gasteiger partial charge in [0, 0.05) is 18.6 Å². The van der Waals surface area contributed by atoms with Gasteiger partial charge in [-0.25, -0.2) is 4.98 Å². The molecule has 1 aromatic rings. The number of likely N-dealkylation sites (tertiary alicyclic amines) is 1. The second-order valence-corrected chi connectivity index (χ2v) is 5.77. The summed E-state index contributed by atoms with van der Waals surface area (Å²) in [6.07, 6.45) is 2.61. The lowest BCUT2D eigenvalue weighted by Crippen LogP contribution is -2.51. The highest BCUT2D eigenvalue weighted by Gasteiger charge is 2.33. The van der Waals surface area contributed by atoms with E-state index >= 15 is 0 Å². The third-order valence-corrected chi connectivity index (χ3v) is 4.24. The number of piperidine rings is 1. The van der Waals surface area contributed by atoms with Gasteiger partial charge in [-0.3, -0.25) is 14.9 Å². The summed E-state index contributed by atoms with van der Waals surface area (Å²) in [7, 11) is 1.89. The number of nitrogens with one attached hydrogen (secondary N) is 1. The number of amides is 1. The number of carbonyl (C=O) groups is 1. The maximum atomic E-state index is 12.5. The summed E-state index contributed by atoms with van der Waals surface area (Å²) < 4.78 is 0. The van der Waals surface area contributed by atoms with Crippen LogP contribution in [-0.4, -0.2) is 46.4 Å². The molecule has 21 heavy (non-hydrogen) atoms. The first kappa shape index (κ1) is 15.7. The van der Waals surface area contributed by atoms with Crippen LogP contribution in [0.15, 0.2) is 12.3 Å². The van der Waals surface area contributed by atoms with E-state index in [1.807, 2.05) is 7.05 Å². The Labute approximate surface area is 127 Å². The summed E-state index contributed by atoms with van der Waals surface area (Å²) in [5.74, 6) is -0.371. The van der Waals surface area contributed by atoms with Crippen LogP contribution in [0.5, 0.6) is 0 Å². The summed E-state index contributed by atoms with van der Waals surface area (Å²) in [6, 6.07) is 1.26. The van der Waals surface area contributed by atoms with Gasteiger partial charge in [-0.1, -0.05) is 11.6 Å². The van der Waals surface area contributed by atoms with Gasteiger partial charge in [0.1, 0.15) is 16.9 Å². The Morgan fingerprint density at radius 3 is 2.67 bits per heavy atom. The molecular formula is C13H17ClN4O3. The van der Waals surface area contributed by atoms with E-state index in [0.717, 1.165) is 19.0 Å². The Hall–Kier alpha value is -1.73. The number of carbonyl (C=O) groups excluding carboxylic acids is 1. The van der Waals surface area contributed by atoms with Crippen molar-refractivity contribution >= 4 is 23.2 Å². The maximum Gasteiger partial charge on any atom is 0.300 e. The Balaban J connectivity index is 2.22. The lowest BCUT2D eigenvalue weighted by atomic mass is 9.89. The van der Waals surface area contributed by atoms with Gasteiger partial charge in [0.05, 0.1) is 4.92 Å². The van der Waals surface area contributed by atoms with E-state index < -0.39 is 4.92 Å². The minimum Gasteiger partial charge on any atom is -0.338 e. The van der Waals surface area contributed by atoms with Crippen LogP contribution in [0.1, 0.15) is 30.1 Å². The van der Waals surface area contributed by atoms with Gasteiger partial charge < -0.3 is 10.2 Å². The molecule has 0 unspecified atom stereocenters. The second-order valence-electron chi connectivity index (χ2n) is 5.38. The molecule has 0 bridgehead atoms. The Morgan fingerprint density at radius 2 is 2.14 bits per heavy atom. The lowest BCUT2D eigenvalue weighted by molar-refractivity contribution is -0.385. The Bertz CT molecular complexity index is 571. The van der Waals surface area contributed by atoms with Crippen molar-refractivity contribution in [3.8, 4) is 0 Å². The normalized spacial score (nSPS) is 17.6. The van der Waals surface area contributed by atoms with E-state index in [1.165, 1.54) is 6.07 Å². The topological polar surface area (TPSA) is 88.4 Å². The monoisotopic (exact) mass is 312 g/mol. The summed E-state index contributed by atoms with van der Waals surface area (Å²) in [6.45, 7) is 3.20. The number of nitro groups is 1. The van der Waals surface area contributed by atoms with Crippen molar-refractivity contribution in [3.63, 3.8) is 0 Å².